The van der Waals surface area contributed by atoms with Gasteiger partial charge in [-0.3, -0.25) is 0 Å². The van der Waals surface area contributed by atoms with E-state index in [0.717, 1.165) is 35.1 Å². The number of allylic oxidation sites excluding steroid dienone is 1. The molecule has 0 radical (unpaired) electrons. The van der Waals surface area contributed by atoms with E-state index in [9.17, 15) is 4.39 Å². The molecule has 90 valence electrons. The maximum atomic E-state index is 13.9. The summed E-state index contributed by atoms with van der Waals surface area (Å²) < 4.78 is 13.9. The van der Waals surface area contributed by atoms with Crippen LogP contribution in [0.3, 0.4) is 0 Å². The minimum absolute atomic E-state index is 0.0793. The van der Waals surface area contributed by atoms with Crippen LogP contribution < -0.4 is 0 Å². The minimum atomic E-state index is -0.0793. The molecule has 0 nitrogen and oxygen atoms in total. The second kappa shape index (κ2) is 4.41. The molecular formula is C17H15F. The van der Waals surface area contributed by atoms with Crippen molar-refractivity contribution in [3.05, 3.63) is 65.0 Å². The molecule has 1 aliphatic carbocycles. The highest BCUT2D eigenvalue weighted by atomic mass is 19.1. The molecule has 0 aromatic heterocycles. The molecule has 0 saturated carbocycles. The molecule has 0 fully saturated rings. The van der Waals surface area contributed by atoms with Crippen molar-refractivity contribution in [3.8, 4) is 11.1 Å². The van der Waals surface area contributed by atoms with Crippen LogP contribution in [0, 0.1) is 5.82 Å². The second-order valence-corrected chi connectivity index (χ2v) is 4.69. The first-order valence-electron chi connectivity index (χ1n) is 6.36. The summed E-state index contributed by atoms with van der Waals surface area (Å²) in [5.41, 5.74) is 5.52. The molecule has 1 aliphatic rings. The highest BCUT2D eigenvalue weighted by molar-refractivity contribution is 5.80. The van der Waals surface area contributed by atoms with Gasteiger partial charge in [0, 0.05) is 0 Å². The van der Waals surface area contributed by atoms with Crippen LogP contribution in [0.25, 0.3) is 17.2 Å². The van der Waals surface area contributed by atoms with Gasteiger partial charge in [-0.05, 0) is 41.2 Å². The molecule has 0 saturated heterocycles. The third-order valence-corrected chi connectivity index (χ3v) is 3.59. The fourth-order valence-electron chi connectivity index (χ4n) is 2.56. The molecule has 2 aromatic carbocycles. The summed E-state index contributed by atoms with van der Waals surface area (Å²) >= 11 is 0. The number of hydrogen-bond acceptors (Lipinski definition) is 0. The minimum Gasteiger partial charge on any atom is -0.207 e. The maximum Gasteiger partial charge on any atom is 0.127 e. The highest BCUT2D eigenvalue weighted by Gasteiger charge is 2.19. The third kappa shape index (κ3) is 1.76. The van der Waals surface area contributed by atoms with Gasteiger partial charge in [-0.15, -0.1) is 0 Å². The predicted molar refractivity (Wildman–Crippen MR) is 73.8 cm³/mol. The number of fused-ring (bicyclic) bond motifs is 1. The lowest BCUT2D eigenvalue weighted by Gasteiger charge is -2.08. The van der Waals surface area contributed by atoms with Crippen molar-refractivity contribution >= 4 is 6.08 Å². The van der Waals surface area contributed by atoms with Crippen LogP contribution >= 0.6 is 0 Å². The fraction of sp³-hybridized carbons (Fsp3) is 0.176. The Labute approximate surface area is 107 Å². The quantitative estimate of drug-likeness (QED) is 0.702. The standard InChI is InChI=1S/C17H15F/c1-2-12-10-15-14(13-6-4-3-5-7-13)8-9-17(18)16(15)11-12/h3-10H,2,11H2,1H3. The first-order chi connectivity index (χ1) is 8.79. The van der Waals surface area contributed by atoms with Crippen LogP contribution in [0.15, 0.2) is 48.0 Å². The van der Waals surface area contributed by atoms with Crippen LogP contribution in [0.1, 0.15) is 24.5 Å². The Hall–Kier alpha value is -1.89. The maximum absolute atomic E-state index is 13.9. The summed E-state index contributed by atoms with van der Waals surface area (Å²) in [4.78, 5) is 0. The lowest BCUT2D eigenvalue weighted by Crippen LogP contribution is -1.92. The van der Waals surface area contributed by atoms with E-state index in [1.165, 1.54) is 5.57 Å². The number of rotatable bonds is 2. The Balaban J connectivity index is 2.19. The van der Waals surface area contributed by atoms with Crippen molar-refractivity contribution in [2.75, 3.05) is 0 Å². The zero-order chi connectivity index (χ0) is 12.5. The van der Waals surface area contributed by atoms with Gasteiger partial charge in [0.1, 0.15) is 5.82 Å². The molecule has 0 bridgehead atoms. The average molecular weight is 238 g/mol. The second-order valence-electron chi connectivity index (χ2n) is 4.69. The van der Waals surface area contributed by atoms with Crippen LogP contribution in [0.4, 0.5) is 4.39 Å². The highest BCUT2D eigenvalue weighted by Crippen LogP contribution is 2.36. The van der Waals surface area contributed by atoms with E-state index in [2.05, 4.69) is 25.1 Å². The van der Waals surface area contributed by atoms with Gasteiger partial charge in [0.2, 0.25) is 0 Å². The van der Waals surface area contributed by atoms with Gasteiger partial charge in [-0.2, -0.15) is 0 Å². The van der Waals surface area contributed by atoms with Gasteiger partial charge in [0.15, 0.2) is 0 Å². The van der Waals surface area contributed by atoms with Gasteiger partial charge in [-0.25, -0.2) is 4.39 Å². The van der Waals surface area contributed by atoms with E-state index in [0.29, 0.717) is 0 Å². The largest absolute Gasteiger partial charge is 0.207 e. The van der Waals surface area contributed by atoms with Crippen LogP contribution in [-0.4, -0.2) is 0 Å². The Morgan fingerprint density at radius 3 is 2.56 bits per heavy atom. The number of halogens is 1. The average Bonchev–Trinajstić information content (AvgIpc) is 2.85. The number of hydrogen-bond donors (Lipinski definition) is 0. The van der Waals surface area contributed by atoms with E-state index >= 15 is 0 Å². The number of benzene rings is 2. The summed E-state index contributed by atoms with van der Waals surface area (Å²) in [7, 11) is 0. The van der Waals surface area contributed by atoms with E-state index in [4.69, 9.17) is 0 Å². The Morgan fingerprint density at radius 1 is 1.06 bits per heavy atom. The van der Waals surface area contributed by atoms with E-state index < -0.39 is 0 Å². The summed E-state index contributed by atoms with van der Waals surface area (Å²) in [6.07, 6.45) is 3.90. The first kappa shape index (κ1) is 11.2. The smallest absolute Gasteiger partial charge is 0.127 e. The van der Waals surface area contributed by atoms with E-state index in [1.807, 2.05) is 24.3 Å². The lowest BCUT2D eigenvalue weighted by atomic mass is 9.97. The molecule has 3 rings (SSSR count). The summed E-state index contributed by atoms with van der Waals surface area (Å²) in [6.45, 7) is 2.12. The van der Waals surface area contributed by atoms with Crippen molar-refractivity contribution in [1.82, 2.24) is 0 Å². The molecule has 0 spiro atoms. The van der Waals surface area contributed by atoms with Crippen molar-refractivity contribution < 1.29 is 4.39 Å². The van der Waals surface area contributed by atoms with E-state index in [1.54, 1.807) is 6.07 Å². The molecule has 2 aromatic rings. The van der Waals surface area contributed by atoms with Crippen LogP contribution in [0.2, 0.25) is 0 Å². The topological polar surface area (TPSA) is 0 Å². The van der Waals surface area contributed by atoms with Gasteiger partial charge in [0.05, 0.1) is 0 Å². The van der Waals surface area contributed by atoms with Crippen LogP contribution in [0.5, 0.6) is 0 Å². The fourth-order valence-corrected chi connectivity index (χ4v) is 2.56. The van der Waals surface area contributed by atoms with Crippen molar-refractivity contribution in [3.63, 3.8) is 0 Å². The molecule has 0 aliphatic heterocycles. The van der Waals surface area contributed by atoms with Gasteiger partial charge >= 0.3 is 0 Å². The van der Waals surface area contributed by atoms with Crippen molar-refractivity contribution in [2.24, 2.45) is 0 Å². The van der Waals surface area contributed by atoms with E-state index in [-0.39, 0.29) is 5.82 Å². The molecule has 0 amide bonds. The Bertz CT molecular complexity index is 609. The van der Waals surface area contributed by atoms with Gasteiger partial charge < -0.3 is 0 Å². The predicted octanol–water partition coefficient (Wildman–Crippen LogP) is 4.84. The molecular weight excluding hydrogens is 223 g/mol. The van der Waals surface area contributed by atoms with Crippen molar-refractivity contribution in [1.29, 1.82) is 0 Å². The molecule has 0 unspecified atom stereocenters. The monoisotopic (exact) mass is 238 g/mol. The zero-order valence-corrected chi connectivity index (χ0v) is 10.4. The van der Waals surface area contributed by atoms with Gasteiger partial charge in [-0.1, -0.05) is 55.0 Å². The molecule has 0 N–H and O–H groups in total. The zero-order valence-electron chi connectivity index (χ0n) is 10.4. The SMILES string of the molecule is CCC1=Cc2c(-c3ccccc3)ccc(F)c2C1. The Morgan fingerprint density at radius 2 is 1.83 bits per heavy atom. The molecule has 1 heteroatoms. The first-order valence-corrected chi connectivity index (χ1v) is 6.36. The molecule has 0 heterocycles. The normalized spacial score (nSPS) is 13.3. The Kier molecular flexibility index (Phi) is 2.75. The molecule has 18 heavy (non-hydrogen) atoms. The lowest BCUT2D eigenvalue weighted by molar-refractivity contribution is 0.614. The van der Waals surface area contributed by atoms with Gasteiger partial charge in [0.25, 0.3) is 0 Å². The molecule has 0 atom stereocenters. The summed E-state index contributed by atoms with van der Waals surface area (Å²) in [6, 6.07) is 13.7. The van der Waals surface area contributed by atoms with Crippen LogP contribution in [-0.2, 0) is 6.42 Å². The summed E-state index contributed by atoms with van der Waals surface area (Å²) in [5.74, 6) is -0.0793. The third-order valence-electron chi connectivity index (χ3n) is 3.59. The summed E-state index contributed by atoms with van der Waals surface area (Å²) in [5, 5.41) is 0. The van der Waals surface area contributed by atoms with Crippen molar-refractivity contribution in [2.45, 2.75) is 19.8 Å².